The minimum absolute atomic E-state index is 0.0487. The Hall–Kier alpha value is -4.64. The van der Waals surface area contributed by atoms with E-state index >= 15 is 0 Å². The van der Waals surface area contributed by atoms with Gasteiger partial charge in [0.15, 0.2) is 0 Å². The predicted octanol–water partition coefficient (Wildman–Crippen LogP) is 6.12. The summed E-state index contributed by atoms with van der Waals surface area (Å²) in [7, 11) is 1.64. The summed E-state index contributed by atoms with van der Waals surface area (Å²) in [6.45, 7) is 1.20. The highest BCUT2D eigenvalue weighted by Gasteiger charge is 2.16. The van der Waals surface area contributed by atoms with E-state index in [2.05, 4.69) is 29.0 Å². The topological polar surface area (TPSA) is 49.1 Å². The third-order valence-electron chi connectivity index (χ3n) is 6.57. The van der Waals surface area contributed by atoms with Crippen LogP contribution in [0.4, 0.5) is 0 Å². The standard InChI is InChI=1S/C31H25N3O2/c1-36-26-14-12-24(13-15-26)30-32-28-19-29-25(16-17-33(29)20-22-8-4-2-5-9-22)18-27(28)31(35)34(30)21-23-10-6-3-7-11-23/h2-19H,20-21H2,1H3. The van der Waals surface area contributed by atoms with Gasteiger partial charge in [0, 0.05) is 23.7 Å². The lowest BCUT2D eigenvalue weighted by Gasteiger charge is -2.15. The lowest BCUT2D eigenvalue weighted by Crippen LogP contribution is -2.24. The minimum Gasteiger partial charge on any atom is -0.497 e. The number of nitrogens with zero attached hydrogens (tertiary/aromatic N) is 3. The van der Waals surface area contributed by atoms with E-state index in [9.17, 15) is 4.79 Å². The molecule has 36 heavy (non-hydrogen) atoms. The molecule has 0 aliphatic rings. The summed E-state index contributed by atoms with van der Waals surface area (Å²) >= 11 is 0. The van der Waals surface area contributed by atoms with E-state index in [1.807, 2.05) is 84.9 Å². The Balaban J connectivity index is 1.54. The lowest BCUT2D eigenvalue weighted by molar-refractivity contribution is 0.415. The molecule has 0 amide bonds. The Kier molecular flexibility index (Phi) is 5.58. The van der Waals surface area contributed by atoms with Crippen LogP contribution in [-0.4, -0.2) is 21.2 Å². The SMILES string of the molecule is COc1ccc(-c2nc3cc4c(ccn4Cc4ccccc4)cc3c(=O)n2Cc2ccccc2)cc1. The van der Waals surface area contributed by atoms with Gasteiger partial charge in [-0.2, -0.15) is 0 Å². The third-order valence-corrected chi connectivity index (χ3v) is 6.57. The Morgan fingerprint density at radius 1 is 0.778 bits per heavy atom. The van der Waals surface area contributed by atoms with Gasteiger partial charge in [-0.1, -0.05) is 60.7 Å². The normalized spacial score (nSPS) is 11.2. The van der Waals surface area contributed by atoms with Crippen molar-refractivity contribution in [1.82, 2.24) is 14.1 Å². The van der Waals surface area contributed by atoms with Crippen molar-refractivity contribution in [2.75, 3.05) is 7.11 Å². The highest BCUT2D eigenvalue weighted by atomic mass is 16.5. The maximum atomic E-state index is 13.9. The van der Waals surface area contributed by atoms with Gasteiger partial charge in [0.25, 0.3) is 5.56 Å². The van der Waals surface area contributed by atoms with E-state index in [0.29, 0.717) is 23.3 Å². The fourth-order valence-corrected chi connectivity index (χ4v) is 4.70. The van der Waals surface area contributed by atoms with Crippen molar-refractivity contribution >= 4 is 21.8 Å². The molecule has 0 atom stereocenters. The fraction of sp³-hybridized carbons (Fsp3) is 0.0968. The van der Waals surface area contributed by atoms with Gasteiger partial charge in [-0.05, 0) is 53.6 Å². The number of benzene rings is 4. The second-order valence-corrected chi connectivity index (χ2v) is 8.90. The molecule has 0 fully saturated rings. The van der Waals surface area contributed by atoms with Crippen molar-refractivity contribution in [2.24, 2.45) is 0 Å². The number of fused-ring (bicyclic) bond motifs is 2. The number of methoxy groups -OCH3 is 1. The summed E-state index contributed by atoms with van der Waals surface area (Å²) in [6.07, 6.45) is 2.07. The summed E-state index contributed by atoms with van der Waals surface area (Å²) in [6, 6.07) is 34.1. The Bertz CT molecular complexity index is 1720. The lowest BCUT2D eigenvalue weighted by atomic mass is 10.1. The minimum atomic E-state index is -0.0487. The second kappa shape index (κ2) is 9.19. The van der Waals surface area contributed by atoms with Crippen LogP contribution in [0.25, 0.3) is 33.2 Å². The van der Waals surface area contributed by atoms with E-state index < -0.39 is 0 Å². The maximum absolute atomic E-state index is 13.9. The molecule has 5 heteroatoms. The molecule has 2 aromatic heterocycles. The van der Waals surface area contributed by atoms with Crippen molar-refractivity contribution in [3.05, 3.63) is 131 Å². The largest absolute Gasteiger partial charge is 0.497 e. The van der Waals surface area contributed by atoms with Gasteiger partial charge < -0.3 is 9.30 Å². The molecule has 2 heterocycles. The van der Waals surface area contributed by atoms with Gasteiger partial charge >= 0.3 is 0 Å². The van der Waals surface area contributed by atoms with Crippen LogP contribution in [0, 0.1) is 0 Å². The molecule has 0 saturated carbocycles. The Labute approximate surface area is 208 Å². The molecule has 6 rings (SSSR count). The average molecular weight is 472 g/mol. The van der Waals surface area contributed by atoms with Gasteiger partial charge in [-0.25, -0.2) is 4.98 Å². The molecule has 0 saturated heterocycles. The Morgan fingerprint density at radius 2 is 1.44 bits per heavy atom. The molecule has 0 spiro atoms. The first-order valence-corrected chi connectivity index (χ1v) is 12.0. The first-order chi connectivity index (χ1) is 17.7. The van der Waals surface area contributed by atoms with Crippen molar-refractivity contribution in [1.29, 1.82) is 0 Å². The number of rotatable bonds is 6. The van der Waals surface area contributed by atoms with E-state index in [1.165, 1.54) is 5.56 Å². The van der Waals surface area contributed by atoms with Crippen LogP contribution in [0.5, 0.6) is 5.75 Å². The zero-order valence-electron chi connectivity index (χ0n) is 20.0. The quantitative estimate of drug-likeness (QED) is 0.294. The highest BCUT2D eigenvalue weighted by Crippen LogP contribution is 2.26. The highest BCUT2D eigenvalue weighted by molar-refractivity contribution is 5.95. The summed E-state index contributed by atoms with van der Waals surface area (Å²) in [5, 5.41) is 1.65. The smallest absolute Gasteiger partial charge is 0.261 e. The molecule has 5 nitrogen and oxygen atoms in total. The van der Waals surface area contributed by atoms with Crippen molar-refractivity contribution in [3.63, 3.8) is 0 Å². The molecule has 0 aliphatic heterocycles. The van der Waals surface area contributed by atoms with Gasteiger partial charge in [0.2, 0.25) is 0 Å². The second-order valence-electron chi connectivity index (χ2n) is 8.90. The van der Waals surface area contributed by atoms with Gasteiger partial charge in [0.05, 0.1) is 30.1 Å². The molecule has 0 bridgehead atoms. The van der Waals surface area contributed by atoms with E-state index in [1.54, 1.807) is 11.7 Å². The monoisotopic (exact) mass is 471 g/mol. The van der Waals surface area contributed by atoms with E-state index in [4.69, 9.17) is 9.72 Å². The molecular weight excluding hydrogens is 446 g/mol. The van der Waals surface area contributed by atoms with Crippen molar-refractivity contribution in [3.8, 4) is 17.1 Å². The van der Waals surface area contributed by atoms with Gasteiger partial charge in [-0.15, -0.1) is 0 Å². The third kappa shape index (κ3) is 4.05. The summed E-state index contributed by atoms with van der Waals surface area (Å²) in [4.78, 5) is 18.9. The van der Waals surface area contributed by atoms with Gasteiger partial charge in [0.1, 0.15) is 11.6 Å². The van der Waals surface area contributed by atoms with Crippen LogP contribution in [0.1, 0.15) is 11.1 Å². The molecule has 6 aromatic rings. The van der Waals surface area contributed by atoms with E-state index in [0.717, 1.165) is 34.3 Å². The molecule has 4 aromatic carbocycles. The molecule has 0 radical (unpaired) electrons. The van der Waals surface area contributed by atoms with Crippen LogP contribution < -0.4 is 10.3 Å². The van der Waals surface area contributed by atoms with Gasteiger partial charge in [-0.3, -0.25) is 9.36 Å². The maximum Gasteiger partial charge on any atom is 0.261 e. The summed E-state index contributed by atoms with van der Waals surface area (Å²) in [5.74, 6) is 1.40. The van der Waals surface area contributed by atoms with Crippen LogP contribution in [-0.2, 0) is 13.1 Å². The van der Waals surface area contributed by atoms with E-state index in [-0.39, 0.29) is 5.56 Å². The molecule has 0 N–H and O–H groups in total. The first kappa shape index (κ1) is 21.9. The molecule has 0 aliphatic carbocycles. The number of hydrogen-bond acceptors (Lipinski definition) is 3. The Morgan fingerprint density at radius 3 is 2.11 bits per heavy atom. The summed E-state index contributed by atoms with van der Waals surface area (Å²) < 4.78 is 9.31. The zero-order chi connectivity index (χ0) is 24.5. The van der Waals surface area contributed by atoms with Crippen LogP contribution in [0.2, 0.25) is 0 Å². The summed E-state index contributed by atoms with van der Waals surface area (Å²) in [5.41, 5.74) is 4.83. The number of hydrogen-bond donors (Lipinski definition) is 0. The number of ether oxygens (including phenoxy) is 1. The molecular formula is C31H25N3O2. The van der Waals surface area contributed by atoms with Crippen LogP contribution >= 0.6 is 0 Å². The fourth-order valence-electron chi connectivity index (χ4n) is 4.70. The molecule has 176 valence electrons. The van der Waals surface area contributed by atoms with Crippen molar-refractivity contribution < 1.29 is 4.74 Å². The predicted molar refractivity (Wildman–Crippen MR) is 145 cm³/mol. The van der Waals surface area contributed by atoms with Crippen LogP contribution in [0.15, 0.2) is 114 Å². The average Bonchev–Trinajstić information content (AvgIpc) is 3.32. The molecule has 0 unspecified atom stereocenters. The first-order valence-electron chi connectivity index (χ1n) is 12.0. The number of aromatic nitrogens is 3. The van der Waals surface area contributed by atoms with Crippen LogP contribution in [0.3, 0.4) is 0 Å². The van der Waals surface area contributed by atoms with Crippen molar-refractivity contribution in [2.45, 2.75) is 13.1 Å². The zero-order valence-corrected chi connectivity index (χ0v) is 20.0.